The van der Waals surface area contributed by atoms with E-state index in [0.29, 0.717) is 13.2 Å². The van der Waals surface area contributed by atoms with Gasteiger partial charge in [-0.1, -0.05) is 6.07 Å². The number of ether oxygens (including phenoxy) is 1. The number of hydrogen-bond donors (Lipinski definition) is 2. The van der Waals surface area contributed by atoms with Gasteiger partial charge in [0.25, 0.3) is 0 Å². The van der Waals surface area contributed by atoms with Crippen molar-refractivity contribution in [1.29, 1.82) is 0 Å². The van der Waals surface area contributed by atoms with E-state index in [1.54, 1.807) is 12.1 Å². The van der Waals surface area contributed by atoms with E-state index >= 15 is 0 Å². The molecule has 0 radical (unpaired) electrons. The molecule has 0 saturated heterocycles. The second-order valence-corrected chi connectivity index (χ2v) is 6.18. The van der Waals surface area contributed by atoms with E-state index in [2.05, 4.69) is 10.0 Å². The van der Waals surface area contributed by atoms with Crippen LogP contribution in [-0.2, 0) is 19.6 Å². The molecular weight excluding hydrogens is 280 g/mol. The Morgan fingerprint density at radius 3 is 2.55 bits per heavy atom. The average molecular weight is 300 g/mol. The maximum Gasteiger partial charge on any atom is 0.241 e. The molecule has 0 bridgehead atoms. The number of carbonyl (C=O) groups is 1. The lowest BCUT2D eigenvalue weighted by molar-refractivity contribution is -0.120. The Bertz CT molecular complexity index is 570. The monoisotopic (exact) mass is 300 g/mol. The molecule has 0 heterocycles. The number of sulfonamides is 1. The van der Waals surface area contributed by atoms with E-state index in [4.69, 9.17) is 4.74 Å². The van der Waals surface area contributed by atoms with Gasteiger partial charge in [-0.15, -0.1) is 0 Å². The minimum Gasteiger partial charge on any atom is -0.383 e. The molecule has 0 aromatic heterocycles. The molecule has 2 N–H and O–H groups in total. The number of carbonyl (C=O) groups excluding carboxylic acids is 1. The number of amides is 1. The summed E-state index contributed by atoms with van der Waals surface area (Å²) in [7, 11) is -2.14. The van der Waals surface area contributed by atoms with Crippen molar-refractivity contribution in [3.8, 4) is 0 Å². The summed E-state index contributed by atoms with van der Waals surface area (Å²) in [6.45, 7) is 4.18. The quantitative estimate of drug-likeness (QED) is 0.711. The number of nitrogens with one attached hydrogen (secondary N) is 2. The first-order valence-electron chi connectivity index (χ1n) is 6.19. The third kappa shape index (κ3) is 4.92. The normalized spacial score (nSPS) is 11.3. The molecule has 0 atom stereocenters. The Morgan fingerprint density at radius 1 is 1.25 bits per heavy atom. The van der Waals surface area contributed by atoms with Crippen LogP contribution in [0.25, 0.3) is 0 Å². The Kier molecular flexibility index (Phi) is 6.12. The molecule has 0 aliphatic heterocycles. The van der Waals surface area contributed by atoms with E-state index in [0.717, 1.165) is 11.1 Å². The molecule has 1 rings (SSSR count). The van der Waals surface area contributed by atoms with Gasteiger partial charge in [-0.25, -0.2) is 13.1 Å². The highest BCUT2D eigenvalue weighted by molar-refractivity contribution is 7.89. The zero-order valence-electron chi connectivity index (χ0n) is 11.9. The molecule has 112 valence electrons. The molecule has 6 nitrogen and oxygen atoms in total. The van der Waals surface area contributed by atoms with Crippen molar-refractivity contribution in [1.82, 2.24) is 10.0 Å². The van der Waals surface area contributed by atoms with E-state index in [9.17, 15) is 13.2 Å². The van der Waals surface area contributed by atoms with Crippen LogP contribution in [0, 0.1) is 13.8 Å². The SMILES string of the molecule is COCCNC(=O)CNS(=O)(=O)c1ccc(C)c(C)c1. The fraction of sp³-hybridized carbons (Fsp3) is 0.462. The molecule has 20 heavy (non-hydrogen) atoms. The minimum atomic E-state index is -3.67. The average Bonchev–Trinajstić information content (AvgIpc) is 2.40. The lowest BCUT2D eigenvalue weighted by atomic mass is 10.1. The molecule has 1 amide bonds. The van der Waals surface area contributed by atoms with Crippen LogP contribution in [0.15, 0.2) is 23.1 Å². The highest BCUT2D eigenvalue weighted by Crippen LogP contribution is 2.14. The van der Waals surface area contributed by atoms with E-state index in [1.807, 2.05) is 13.8 Å². The van der Waals surface area contributed by atoms with Gasteiger partial charge in [-0.2, -0.15) is 0 Å². The first-order chi connectivity index (χ1) is 9.36. The number of hydrogen-bond acceptors (Lipinski definition) is 4. The number of methoxy groups -OCH3 is 1. The van der Waals surface area contributed by atoms with Crippen LogP contribution in [0.3, 0.4) is 0 Å². The Hall–Kier alpha value is -1.44. The fourth-order valence-electron chi connectivity index (χ4n) is 1.48. The lowest BCUT2D eigenvalue weighted by Crippen LogP contribution is -2.38. The van der Waals surface area contributed by atoms with E-state index in [1.165, 1.54) is 13.2 Å². The van der Waals surface area contributed by atoms with Crippen LogP contribution in [0.4, 0.5) is 0 Å². The van der Waals surface area contributed by atoms with Gasteiger partial charge in [0.15, 0.2) is 0 Å². The molecule has 0 aliphatic rings. The van der Waals surface area contributed by atoms with Gasteiger partial charge in [0.1, 0.15) is 0 Å². The molecule has 0 fully saturated rings. The van der Waals surface area contributed by atoms with Gasteiger partial charge in [0, 0.05) is 13.7 Å². The Labute approximate surface area is 119 Å². The van der Waals surface area contributed by atoms with E-state index < -0.39 is 15.9 Å². The molecule has 1 aromatic carbocycles. The van der Waals surface area contributed by atoms with E-state index in [-0.39, 0.29) is 11.4 Å². The predicted octanol–water partition coefficient (Wildman–Crippen LogP) is 0.344. The van der Waals surface area contributed by atoms with Crippen molar-refractivity contribution < 1.29 is 17.9 Å². The summed E-state index contributed by atoms with van der Waals surface area (Å²) in [5.41, 5.74) is 1.90. The summed E-state index contributed by atoms with van der Waals surface area (Å²) < 4.78 is 31.1. The number of aryl methyl sites for hydroxylation is 2. The van der Waals surface area contributed by atoms with Crippen molar-refractivity contribution in [2.24, 2.45) is 0 Å². The van der Waals surface area contributed by atoms with Crippen molar-refractivity contribution in [2.75, 3.05) is 26.8 Å². The summed E-state index contributed by atoms with van der Waals surface area (Å²) in [5.74, 6) is -0.394. The molecule has 7 heteroatoms. The van der Waals surface area contributed by atoms with Gasteiger partial charge in [0.05, 0.1) is 18.0 Å². The van der Waals surface area contributed by atoms with Gasteiger partial charge in [-0.3, -0.25) is 4.79 Å². The molecule has 0 aliphatic carbocycles. The van der Waals surface area contributed by atoms with Crippen molar-refractivity contribution >= 4 is 15.9 Å². The second-order valence-electron chi connectivity index (χ2n) is 4.41. The zero-order valence-corrected chi connectivity index (χ0v) is 12.7. The van der Waals surface area contributed by atoms with Gasteiger partial charge >= 0.3 is 0 Å². The fourth-order valence-corrected chi connectivity index (χ4v) is 2.55. The third-order valence-corrected chi connectivity index (χ3v) is 4.24. The first kappa shape index (κ1) is 16.6. The minimum absolute atomic E-state index is 0.158. The summed E-state index contributed by atoms with van der Waals surface area (Å²) >= 11 is 0. The zero-order chi connectivity index (χ0) is 15.2. The van der Waals surface area contributed by atoms with Crippen molar-refractivity contribution in [3.63, 3.8) is 0 Å². The molecule has 0 unspecified atom stereocenters. The molecule has 0 saturated carbocycles. The van der Waals surface area contributed by atoms with Crippen LogP contribution in [-0.4, -0.2) is 41.1 Å². The van der Waals surface area contributed by atoms with Crippen LogP contribution in [0.5, 0.6) is 0 Å². The maximum absolute atomic E-state index is 12.0. The van der Waals surface area contributed by atoms with Gasteiger partial charge in [0.2, 0.25) is 15.9 Å². The third-order valence-electron chi connectivity index (χ3n) is 2.84. The summed E-state index contributed by atoms with van der Waals surface area (Å²) in [6.07, 6.45) is 0. The maximum atomic E-state index is 12.0. The standard InChI is InChI=1S/C13H20N2O4S/c1-10-4-5-12(8-11(10)2)20(17,18)15-9-13(16)14-6-7-19-3/h4-5,8,15H,6-7,9H2,1-3H3,(H,14,16). The lowest BCUT2D eigenvalue weighted by Gasteiger charge is -2.09. The topological polar surface area (TPSA) is 84.5 Å². The second kappa shape index (κ2) is 7.37. The summed E-state index contributed by atoms with van der Waals surface area (Å²) in [6, 6.07) is 4.84. The highest BCUT2D eigenvalue weighted by Gasteiger charge is 2.15. The highest BCUT2D eigenvalue weighted by atomic mass is 32.2. The van der Waals surface area contributed by atoms with Crippen molar-refractivity contribution in [3.05, 3.63) is 29.3 Å². The summed E-state index contributed by atoms with van der Waals surface area (Å²) in [5, 5.41) is 2.54. The first-order valence-corrected chi connectivity index (χ1v) is 7.67. The van der Waals surface area contributed by atoms with Gasteiger partial charge < -0.3 is 10.1 Å². The largest absolute Gasteiger partial charge is 0.383 e. The Balaban J connectivity index is 2.61. The van der Waals surface area contributed by atoms with Crippen LogP contribution in [0.2, 0.25) is 0 Å². The Morgan fingerprint density at radius 2 is 1.95 bits per heavy atom. The predicted molar refractivity (Wildman–Crippen MR) is 76.0 cm³/mol. The molecule has 1 aromatic rings. The molecular formula is C13H20N2O4S. The van der Waals surface area contributed by atoms with Crippen molar-refractivity contribution in [2.45, 2.75) is 18.7 Å². The molecule has 0 spiro atoms. The van der Waals surface area contributed by atoms with Crippen LogP contribution in [0.1, 0.15) is 11.1 Å². The van der Waals surface area contributed by atoms with Crippen LogP contribution < -0.4 is 10.0 Å². The smallest absolute Gasteiger partial charge is 0.241 e. The van der Waals surface area contributed by atoms with Gasteiger partial charge in [-0.05, 0) is 37.1 Å². The van der Waals surface area contributed by atoms with Crippen LogP contribution >= 0.6 is 0 Å². The number of rotatable bonds is 7. The summed E-state index contributed by atoms with van der Waals surface area (Å²) in [4.78, 5) is 11.6. The number of benzene rings is 1.